The molecule has 0 saturated carbocycles. The van der Waals surface area contributed by atoms with Crippen LogP contribution in [0.5, 0.6) is 34.5 Å². The highest BCUT2D eigenvalue weighted by atomic mass is 16.6. The molecule has 1 atom stereocenters. The van der Waals surface area contributed by atoms with Crippen molar-refractivity contribution in [1.29, 1.82) is 0 Å². The van der Waals surface area contributed by atoms with Crippen LogP contribution in [-0.4, -0.2) is 38.7 Å². The van der Waals surface area contributed by atoms with Crippen LogP contribution in [0.4, 0.5) is 0 Å². The van der Waals surface area contributed by atoms with Crippen molar-refractivity contribution in [2.24, 2.45) is 0 Å². The van der Waals surface area contributed by atoms with E-state index in [-0.39, 0.29) is 18.1 Å². The number of hydrogen-bond acceptors (Lipinski definition) is 10. The SMILES string of the molecule is COc1ccc([C@H]2COc3cc(OC(C)=O)c(Cc4oc5cc(OC)c(OC(C)=O)cc5c4-c4ccccc4)cc3C2)c(OC(C)=O)c1. The molecule has 5 aromatic rings. The third-order valence-electron chi connectivity index (χ3n) is 8.03. The Hall–Kier alpha value is -5.77. The zero-order valence-electron chi connectivity index (χ0n) is 27.2. The largest absolute Gasteiger partial charge is 0.497 e. The van der Waals surface area contributed by atoms with Gasteiger partial charge in [0.25, 0.3) is 0 Å². The Morgan fingerprint density at radius 3 is 2.15 bits per heavy atom. The number of ether oxygens (including phenoxy) is 6. The van der Waals surface area contributed by atoms with Crippen LogP contribution in [-0.2, 0) is 27.2 Å². The fraction of sp³-hybridized carbons (Fsp3) is 0.237. The summed E-state index contributed by atoms with van der Waals surface area (Å²) in [6.45, 7) is 4.35. The lowest BCUT2D eigenvalue weighted by atomic mass is 9.88. The molecule has 0 saturated heterocycles. The van der Waals surface area contributed by atoms with Gasteiger partial charge in [0, 0.05) is 73.4 Å². The van der Waals surface area contributed by atoms with E-state index in [4.69, 9.17) is 32.8 Å². The summed E-state index contributed by atoms with van der Waals surface area (Å²) < 4.78 is 40.2. The molecule has 0 radical (unpaired) electrons. The first-order valence-electron chi connectivity index (χ1n) is 15.3. The number of fused-ring (bicyclic) bond motifs is 2. The molecule has 1 aromatic heterocycles. The molecule has 0 N–H and O–H groups in total. The molecule has 1 aliphatic rings. The van der Waals surface area contributed by atoms with Gasteiger partial charge in [-0.3, -0.25) is 14.4 Å². The van der Waals surface area contributed by atoms with E-state index in [2.05, 4.69) is 0 Å². The Morgan fingerprint density at radius 1 is 0.750 bits per heavy atom. The summed E-state index contributed by atoms with van der Waals surface area (Å²) in [6.07, 6.45) is 0.823. The van der Waals surface area contributed by atoms with Crippen LogP contribution < -0.4 is 28.4 Å². The molecule has 48 heavy (non-hydrogen) atoms. The predicted octanol–water partition coefficient (Wildman–Crippen LogP) is 7.20. The van der Waals surface area contributed by atoms with Gasteiger partial charge in [0.05, 0.1) is 20.8 Å². The molecule has 0 aliphatic carbocycles. The van der Waals surface area contributed by atoms with Crippen LogP contribution in [0.3, 0.4) is 0 Å². The normalized spacial score (nSPS) is 13.6. The Morgan fingerprint density at radius 2 is 1.46 bits per heavy atom. The summed E-state index contributed by atoms with van der Waals surface area (Å²) in [4.78, 5) is 36.0. The monoisotopic (exact) mass is 650 g/mol. The highest BCUT2D eigenvalue weighted by molar-refractivity contribution is 5.98. The molecule has 0 unspecified atom stereocenters. The number of carbonyl (C=O) groups is 3. The highest BCUT2D eigenvalue weighted by Gasteiger charge is 2.28. The second-order valence-electron chi connectivity index (χ2n) is 11.4. The first kappa shape index (κ1) is 32.2. The molecule has 246 valence electrons. The number of furan rings is 1. The average molecular weight is 651 g/mol. The topological polar surface area (TPSA) is 120 Å². The van der Waals surface area contributed by atoms with E-state index in [1.807, 2.05) is 48.5 Å². The first-order chi connectivity index (χ1) is 23.1. The molecule has 10 nitrogen and oxygen atoms in total. The zero-order valence-corrected chi connectivity index (χ0v) is 27.2. The Balaban J connectivity index is 1.45. The van der Waals surface area contributed by atoms with Gasteiger partial charge in [0.1, 0.15) is 34.3 Å². The van der Waals surface area contributed by atoms with Gasteiger partial charge in [-0.05, 0) is 35.7 Å². The lowest BCUT2D eigenvalue weighted by molar-refractivity contribution is -0.132. The van der Waals surface area contributed by atoms with Crippen LogP contribution in [0.1, 0.15) is 49.1 Å². The van der Waals surface area contributed by atoms with Gasteiger partial charge in [-0.1, -0.05) is 36.4 Å². The first-order valence-corrected chi connectivity index (χ1v) is 15.3. The minimum absolute atomic E-state index is 0.136. The van der Waals surface area contributed by atoms with Gasteiger partial charge in [-0.25, -0.2) is 0 Å². The summed E-state index contributed by atoms with van der Waals surface area (Å²) in [5, 5.41) is 0.723. The molecule has 0 spiro atoms. The molecule has 0 amide bonds. The minimum atomic E-state index is -0.479. The fourth-order valence-electron chi connectivity index (χ4n) is 6.04. The second-order valence-corrected chi connectivity index (χ2v) is 11.4. The third kappa shape index (κ3) is 6.69. The number of methoxy groups -OCH3 is 2. The van der Waals surface area contributed by atoms with Crippen molar-refractivity contribution in [3.05, 3.63) is 95.2 Å². The molecule has 2 heterocycles. The number of carbonyl (C=O) groups excluding carboxylic acids is 3. The van der Waals surface area contributed by atoms with Crippen molar-refractivity contribution < 1.29 is 47.2 Å². The lowest BCUT2D eigenvalue weighted by Gasteiger charge is -2.28. The molecule has 6 rings (SSSR count). The number of hydrogen-bond donors (Lipinski definition) is 0. The number of esters is 3. The molecule has 4 aromatic carbocycles. The Bertz CT molecular complexity index is 2030. The molecular formula is C38H34O10. The van der Waals surface area contributed by atoms with Crippen molar-refractivity contribution in [3.8, 4) is 45.6 Å². The minimum Gasteiger partial charge on any atom is -0.497 e. The van der Waals surface area contributed by atoms with Crippen LogP contribution >= 0.6 is 0 Å². The summed E-state index contributed by atoms with van der Waals surface area (Å²) in [5.41, 5.74) is 4.61. The van der Waals surface area contributed by atoms with E-state index >= 15 is 0 Å². The van der Waals surface area contributed by atoms with E-state index in [9.17, 15) is 14.4 Å². The number of rotatable bonds is 9. The Labute approximate surface area is 277 Å². The van der Waals surface area contributed by atoms with Crippen molar-refractivity contribution in [2.75, 3.05) is 20.8 Å². The van der Waals surface area contributed by atoms with Crippen molar-refractivity contribution in [1.82, 2.24) is 0 Å². The van der Waals surface area contributed by atoms with Crippen molar-refractivity contribution in [2.45, 2.75) is 39.5 Å². The van der Waals surface area contributed by atoms with E-state index in [1.54, 1.807) is 31.4 Å². The van der Waals surface area contributed by atoms with Crippen LogP contribution in [0.15, 0.2) is 77.2 Å². The predicted molar refractivity (Wildman–Crippen MR) is 176 cm³/mol. The van der Waals surface area contributed by atoms with Crippen molar-refractivity contribution in [3.63, 3.8) is 0 Å². The Kier molecular flexibility index (Phi) is 9.07. The van der Waals surface area contributed by atoms with Gasteiger partial charge < -0.3 is 32.8 Å². The highest BCUT2D eigenvalue weighted by Crippen LogP contribution is 2.44. The average Bonchev–Trinajstić information content (AvgIpc) is 3.40. The van der Waals surface area contributed by atoms with Gasteiger partial charge in [0.2, 0.25) is 0 Å². The summed E-state index contributed by atoms with van der Waals surface area (Å²) in [6, 6.07) is 22.2. The van der Waals surface area contributed by atoms with Gasteiger partial charge in [0.15, 0.2) is 11.5 Å². The second kappa shape index (κ2) is 13.5. The molecular weight excluding hydrogens is 616 g/mol. The quantitative estimate of drug-likeness (QED) is 0.120. The van der Waals surface area contributed by atoms with Crippen LogP contribution in [0, 0.1) is 0 Å². The van der Waals surface area contributed by atoms with E-state index in [1.165, 1.54) is 27.9 Å². The standard InChI is InChI=1S/C38H34O10/c1-21(39)45-32-18-31-25(14-27(20-44-31)29-12-11-28(42-4)16-33(29)46-22(2)40)13-26(32)15-37-38(24-9-7-6-8-10-24)30-17-36(47-23(3)41)35(43-5)19-34(30)48-37/h6-13,16-19,27H,14-15,20H2,1-5H3/t27-/m1/s1. The lowest BCUT2D eigenvalue weighted by Crippen LogP contribution is -2.21. The van der Waals surface area contributed by atoms with Crippen LogP contribution in [0.25, 0.3) is 22.1 Å². The summed E-state index contributed by atoms with van der Waals surface area (Å²) >= 11 is 0. The number of benzene rings is 4. The maximum Gasteiger partial charge on any atom is 0.308 e. The van der Waals surface area contributed by atoms with Gasteiger partial charge in [-0.2, -0.15) is 0 Å². The van der Waals surface area contributed by atoms with Gasteiger partial charge >= 0.3 is 17.9 Å². The maximum absolute atomic E-state index is 12.2. The smallest absolute Gasteiger partial charge is 0.308 e. The third-order valence-corrected chi connectivity index (χ3v) is 8.03. The molecule has 10 heteroatoms. The summed E-state index contributed by atoms with van der Waals surface area (Å²) in [7, 11) is 3.04. The van der Waals surface area contributed by atoms with Crippen molar-refractivity contribution >= 4 is 28.9 Å². The molecule has 0 bridgehead atoms. The maximum atomic E-state index is 12.2. The van der Waals surface area contributed by atoms with E-state index in [0.29, 0.717) is 58.7 Å². The van der Waals surface area contributed by atoms with E-state index < -0.39 is 17.9 Å². The summed E-state index contributed by atoms with van der Waals surface area (Å²) in [5.74, 6) is 1.62. The fourth-order valence-corrected chi connectivity index (χ4v) is 6.04. The molecule has 1 aliphatic heterocycles. The zero-order chi connectivity index (χ0) is 33.9. The molecule has 0 fully saturated rings. The van der Waals surface area contributed by atoms with Crippen LogP contribution in [0.2, 0.25) is 0 Å². The van der Waals surface area contributed by atoms with Gasteiger partial charge in [-0.15, -0.1) is 0 Å². The van der Waals surface area contributed by atoms with E-state index in [0.717, 1.165) is 27.6 Å².